The van der Waals surface area contributed by atoms with Gasteiger partial charge in [0, 0.05) is 19.1 Å². The van der Waals surface area contributed by atoms with Crippen molar-refractivity contribution < 1.29 is 4.39 Å². The van der Waals surface area contributed by atoms with Gasteiger partial charge in [-0.2, -0.15) is 4.98 Å². The molecule has 19 heavy (non-hydrogen) atoms. The number of anilines is 2. The van der Waals surface area contributed by atoms with E-state index in [9.17, 15) is 4.39 Å². The third kappa shape index (κ3) is 2.38. The lowest BCUT2D eigenvalue weighted by molar-refractivity contribution is 0.340. The maximum Gasteiger partial charge on any atom is 0.224 e. The first kappa shape index (κ1) is 12.6. The van der Waals surface area contributed by atoms with Crippen molar-refractivity contribution in [3.05, 3.63) is 12.0 Å². The number of fused-ring (bicyclic) bond motifs is 1. The molecule has 1 saturated carbocycles. The van der Waals surface area contributed by atoms with Crippen molar-refractivity contribution in [3.8, 4) is 0 Å². The number of hydrogen-bond acceptors (Lipinski definition) is 4. The highest BCUT2D eigenvalue weighted by Crippen LogP contribution is 2.38. The normalized spacial score (nSPS) is 26.3. The number of nitrogens with zero attached hydrogens (tertiary/aromatic N) is 3. The van der Waals surface area contributed by atoms with E-state index in [2.05, 4.69) is 20.2 Å². The summed E-state index contributed by atoms with van der Waals surface area (Å²) in [6, 6.07) is 0.479. The maximum absolute atomic E-state index is 14.0. The van der Waals surface area contributed by atoms with Gasteiger partial charge in [-0.15, -0.1) is 0 Å². The average molecular weight is 264 g/mol. The van der Waals surface area contributed by atoms with Crippen molar-refractivity contribution in [1.82, 2.24) is 9.97 Å². The predicted octanol–water partition coefficient (Wildman–Crippen LogP) is 2.82. The van der Waals surface area contributed by atoms with Gasteiger partial charge in [-0.1, -0.05) is 12.8 Å². The number of nitrogens with one attached hydrogen (secondary N) is 1. The minimum atomic E-state index is -0.298. The zero-order valence-corrected chi connectivity index (χ0v) is 11.4. The molecule has 0 bridgehead atoms. The van der Waals surface area contributed by atoms with Gasteiger partial charge in [0.2, 0.25) is 5.95 Å². The lowest BCUT2D eigenvalue weighted by Crippen LogP contribution is -2.36. The zero-order valence-electron chi connectivity index (χ0n) is 11.4. The van der Waals surface area contributed by atoms with Crippen molar-refractivity contribution >= 4 is 11.8 Å². The third-order valence-electron chi connectivity index (χ3n) is 4.34. The second-order valence-corrected chi connectivity index (χ2v) is 5.49. The first-order valence-corrected chi connectivity index (χ1v) is 7.32. The number of hydrogen-bond donors (Lipinski definition) is 1. The lowest BCUT2D eigenvalue weighted by atomic mass is 9.85. The average Bonchev–Trinajstić information content (AvgIpc) is 2.85. The molecule has 2 aliphatic rings. The summed E-state index contributed by atoms with van der Waals surface area (Å²) in [4.78, 5) is 10.5. The largest absolute Gasteiger partial charge is 0.354 e. The molecule has 2 unspecified atom stereocenters. The van der Waals surface area contributed by atoms with Crippen LogP contribution in [0.5, 0.6) is 0 Å². The summed E-state index contributed by atoms with van der Waals surface area (Å²) < 4.78 is 14.0. The van der Waals surface area contributed by atoms with Crippen LogP contribution >= 0.6 is 0 Å². The van der Waals surface area contributed by atoms with Crippen LogP contribution in [0.2, 0.25) is 0 Å². The molecule has 5 heteroatoms. The summed E-state index contributed by atoms with van der Waals surface area (Å²) in [6.07, 6.45) is 7.49. The molecule has 2 atom stereocenters. The van der Waals surface area contributed by atoms with Crippen molar-refractivity contribution in [1.29, 1.82) is 0 Å². The van der Waals surface area contributed by atoms with E-state index in [4.69, 9.17) is 0 Å². The summed E-state index contributed by atoms with van der Waals surface area (Å²) in [6.45, 7) is 3.66. The van der Waals surface area contributed by atoms with Crippen molar-refractivity contribution in [2.75, 3.05) is 23.3 Å². The van der Waals surface area contributed by atoms with Crippen molar-refractivity contribution in [2.45, 2.75) is 45.1 Å². The van der Waals surface area contributed by atoms with Crippen molar-refractivity contribution in [3.63, 3.8) is 0 Å². The van der Waals surface area contributed by atoms with Gasteiger partial charge in [-0.05, 0) is 32.1 Å². The first-order valence-electron chi connectivity index (χ1n) is 7.32. The van der Waals surface area contributed by atoms with Crippen LogP contribution in [-0.4, -0.2) is 29.1 Å². The van der Waals surface area contributed by atoms with Crippen LogP contribution in [0.3, 0.4) is 0 Å². The Kier molecular flexibility index (Phi) is 3.53. The zero-order chi connectivity index (χ0) is 13.2. The quantitative estimate of drug-likeness (QED) is 0.911. The van der Waals surface area contributed by atoms with E-state index in [0.29, 0.717) is 17.8 Å². The van der Waals surface area contributed by atoms with Crippen LogP contribution in [0.25, 0.3) is 0 Å². The molecule has 1 aromatic heterocycles. The summed E-state index contributed by atoms with van der Waals surface area (Å²) in [5, 5.41) is 3.06. The molecule has 0 amide bonds. The van der Waals surface area contributed by atoms with Crippen LogP contribution < -0.4 is 10.2 Å². The van der Waals surface area contributed by atoms with E-state index in [0.717, 1.165) is 19.0 Å². The molecular formula is C14H21FN4. The minimum absolute atomic E-state index is 0.298. The summed E-state index contributed by atoms with van der Waals surface area (Å²) in [7, 11) is 0. The molecule has 0 radical (unpaired) electrons. The molecule has 1 aliphatic carbocycles. The highest BCUT2D eigenvalue weighted by Gasteiger charge is 2.37. The molecule has 0 spiro atoms. The van der Waals surface area contributed by atoms with E-state index in [1.54, 1.807) is 0 Å². The molecule has 1 aliphatic heterocycles. The summed E-state index contributed by atoms with van der Waals surface area (Å²) >= 11 is 0. The molecule has 0 aromatic carbocycles. The van der Waals surface area contributed by atoms with E-state index in [-0.39, 0.29) is 5.82 Å². The van der Waals surface area contributed by atoms with E-state index in [1.165, 1.54) is 38.3 Å². The molecule has 104 valence electrons. The van der Waals surface area contributed by atoms with Gasteiger partial charge in [0.05, 0.1) is 6.20 Å². The Balaban J connectivity index is 1.86. The van der Waals surface area contributed by atoms with E-state index in [1.807, 2.05) is 6.92 Å². The van der Waals surface area contributed by atoms with Gasteiger partial charge >= 0.3 is 0 Å². The Bertz CT molecular complexity index is 451. The molecule has 1 saturated heterocycles. The van der Waals surface area contributed by atoms with Gasteiger partial charge in [0.1, 0.15) is 0 Å². The molecule has 2 heterocycles. The van der Waals surface area contributed by atoms with Gasteiger partial charge < -0.3 is 10.2 Å². The predicted molar refractivity (Wildman–Crippen MR) is 73.9 cm³/mol. The second kappa shape index (κ2) is 5.31. The van der Waals surface area contributed by atoms with Crippen LogP contribution in [0.4, 0.5) is 16.2 Å². The Morgan fingerprint density at radius 2 is 2.21 bits per heavy atom. The first-order chi connectivity index (χ1) is 9.29. The van der Waals surface area contributed by atoms with Crippen LogP contribution in [0, 0.1) is 11.7 Å². The minimum Gasteiger partial charge on any atom is -0.354 e. The van der Waals surface area contributed by atoms with Gasteiger partial charge in [0.25, 0.3) is 0 Å². The topological polar surface area (TPSA) is 41.1 Å². The number of aromatic nitrogens is 2. The fraction of sp³-hybridized carbons (Fsp3) is 0.714. The van der Waals surface area contributed by atoms with Crippen LogP contribution in [-0.2, 0) is 0 Å². The molecule has 2 fully saturated rings. The fourth-order valence-corrected chi connectivity index (χ4v) is 3.47. The summed E-state index contributed by atoms with van der Waals surface area (Å²) in [5.74, 6) is 1.44. The SMILES string of the molecule is CCNc1ncc(F)c(N2CCC3CCCCC32)n1. The monoisotopic (exact) mass is 264 g/mol. The third-order valence-corrected chi connectivity index (χ3v) is 4.34. The standard InChI is InChI=1S/C14H21FN4/c1-2-16-14-17-9-11(15)13(18-14)19-8-7-10-5-3-4-6-12(10)19/h9-10,12H,2-8H2,1H3,(H,16,17,18). The van der Waals surface area contributed by atoms with Crippen LogP contribution in [0.15, 0.2) is 6.20 Å². The number of halogens is 1. The summed E-state index contributed by atoms with van der Waals surface area (Å²) in [5.41, 5.74) is 0. The Labute approximate surface area is 113 Å². The van der Waals surface area contributed by atoms with E-state index >= 15 is 0 Å². The van der Waals surface area contributed by atoms with Crippen LogP contribution in [0.1, 0.15) is 39.0 Å². The molecular weight excluding hydrogens is 243 g/mol. The fourth-order valence-electron chi connectivity index (χ4n) is 3.47. The second-order valence-electron chi connectivity index (χ2n) is 5.49. The molecule has 4 nitrogen and oxygen atoms in total. The highest BCUT2D eigenvalue weighted by atomic mass is 19.1. The lowest BCUT2D eigenvalue weighted by Gasteiger charge is -2.32. The van der Waals surface area contributed by atoms with Gasteiger partial charge in [-0.25, -0.2) is 9.37 Å². The smallest absolute Gasteiger partial charge is 0.224 e. The Morgan fingerprint density at radius 3 is 3.05 bits per heavy atom. The Hall–Kier alpha value is -1.39. The molecule has 1 N–H and O–H groups in total. The number of rotatable bonds is 3. The molecule has 3 rings (SSSR count). The maximum atomic E-state index is 14.0. The Morgan fingerprint density at radius 1 is 1.37 bits per heavy atom. The van der Waals surface area contributed by atoms with E-state index < -0.39 is 0 Å². The van der Waals surface area contributed by atoms with Gasteiger partial charge in [0.15, 0.2) is 11.6 Å². The highest BCUT2D eigenvalue weighted by molar-refractivity contribution is 5.46. The van der Waals surface area contributed by atoms with Gasteiger partial charge in [-0.3, -0.25) is 0 Å². The molecule has 1 aromatic rings. The van der Waals surface area contributed by atoms with Crippen molar-refractivity contribution in [2.24, 2.45) is 5.92 Å².